The van der Waals surface area contributed by atoms with E-state index in [0.29, 0.717) is 5.56 Å². The number of hydrogen-bond acceptors (Lipinski definition) is 7. The van der Waals surface area contributed by atoms with E-state index in [0.717, 1.165) is 42.6 Å². The van der Waals surface area contributed by atoms with Crippen molar-refractivity contribution in [2.75, 3.05) is 50.2 Å². The zero-order valence-corrected chi connectivity index (χ0v) is 25.5. The zero-order valence-electron chi connectivity index (χ0n) is 25.5. The first-order chi connectivity index (χ1) is 21.3. The van der Waals surface area contributed by atoms with Gasteiger partial charge in [0.05, 0.1) is 25.2 Å². The maximum absolute atomic E-state index is 13.5. The van der Waals surface area contributed by atoms with Crippen molar-refractivity contribution in [2.45, 2.75) is 38.1 Å². The number of rotatable bonds is 7. The standard InChI is InChI=1S/C37H38N2O5/c1-23(18-25-5-12-32-29(20-25)15-17-39(32)3)26-7-9-27(10-8-26)35(41)30-21-42-37-33(22-43-36(30)37)44-34(40)13-6-24-4-11-31-28(19-24)14-16-38(31)2/h4-13,18-20,30,33,36-37H,14-17,21-22H2,1-3H3/b13-6+,23-18+/t30-,33-,36-,37-/m1/s1. The van der Waals surface area contributed by atoms with Crippen molar-refractivity contribution in [2.24, 2.45) is 5.92 Å². The summed E-state index contributed by atoms with van der Waals surface area (Å²) in [5.74, 6) is -0.889. The predicted molar refractivity (Wildman–Crippen MR) is 173 cm³/mol. The van der Waals surface area contributed by atoms with Gasteiger partial charge in [-0.05, 0) is 83.5 Å². The van der Waals surface area contributed by atoms with Crippen LogP contribution in [0.2, 0.25) is 0 Å². The molecular weight excluding hydrogens is 552 g/mol. The van der Waals surface area contributed by atoms with Gasteiger partial charge in [-0.1, -0.05) is 42.5 Å². The fraction of sp³-hybridized carbons (Fsp3) is 0.351. The van der Waals surface area contributed by atoms with E-state index < -0.39 is 30.2 Å². The van der Waals surface area contributed by atoms with Crippen LogP contribution in [0.1, 0.15) is 45.1 Å². The van der Waals surface area contributed by atoms with E-state index in [2.05, 4.69) is 67.2 Å². The van der Waals surface area contributed by atoms with Crippen molar-refractivity contribution < 1.29 is 23.8 Å². The molecule has 2 fully saturated rings. The number of esters is 1. The Bertz CT molecular complexity index is 1660. The molecular formula is C37H38N2O5. The molecule has 0 radical (unpaired) electrons. The van der Waals surface area contributed by atoms with E-state index in [1.165, 1.54) is 34.1 Å². The van der Waals surface area contributed by atoms with Crippen LogP contribution in [0.4, 0.5) is 11.4 Å². The van der Waals surface area contributed by atoms with Crippen molar-refractivity contribution in [1.29, 1.82) is 0 Å². The summed E-state index contributed by atoms with van der Waals surface area (Å²) >= 11 is 0. The fourth-order valence-electron chi connectivity index (χ4n) is 6.95. The molecule has 3 aromatic carbocycles. The van der Waals surface area contributed by atoms with Crippen LogP contribution in [-0.2, 0) is 31.8 Å². The van der Waals surface area contributed by atoms with E-state index in [1.54, 1.807) is 6.08 Å². The minimum atomic E-state index is -0.543. The van der Waals surface area contributed by atoms with E-state index in [1.807, 2.05) is 30.3 Å². The number of benzene rings is 3. The molecule has 4 aliphatic heterocycles. The van der Waals surface area contributed by atoms with Crippen molar-refractivity contribution in [3.8, 4) is 0 Å². The molecule has 2 saturated heterocycles. The minimum absolute atomic E-state index is 0.0115. The van der Waals surface area contributed by atoms with Crippen LogP contribution in [0.5, 0.6) is 0 Å². The van der Waals surface area contributed by atoms with Crippen molar-refractivity contribution in [3.63, 3.8) is 0 Å². The average Bonchev–Trinajstić information content (AvgIpc) is 3.81. The second kappa shape index (κ2) is 11.7. The lowest BCUT2D eigenvalue weighted by atomic mass is 9.91. The molecule has 3 aromatic rings. The topological polar surface area (TPSA) is 68.3 Å². The molecule has 0 bridgehead atoms. The maximum atomic E-state index is 13.5. The van der Waals surface area contributed by atoms with Gasteiger partial charge < -0.3 is 24.0 Å². The molecule has 0 amide bonds. The largest absolute Gasteiger partial charge is 0.454 e. The number of carbonyl (C=O) groups excluding carboxylic acids is 2. The lowest BCUT2D eigenvalue weighted by Crippen LogP contribution is -2.34. The van der Waals surface area contributed by atoms with Crippen LogP contribution in [0.15, 0.2) is 66.7 Å². The van der Waals surface area contributed by atoms with Crippen molar-refractivity contribution >= 4 is 40.9 Å². The molecule has 4 heterocycles. The van der Waals surface area contributed by atoms with Gasteiger partial charge >= 0.3 is 5.97 Å². The third-order valence-corrected chi connectivity index (χ3v) is 9.49. The van der Waals surface area contributed by atoms with E-state index in [9.17, 15) is 9.59 Å². The Kier molecular flexibility index (Phi) is 7.60. The van der Waals surface area contributed by atoms with Crippen molar-refractivity contribution in [1.82, 2.24) is 0 Å². The number of hydrogen-bond donors (Lipinski definition) is 0. The van der Waals surface area contributed by atoms with Crippen LogP contribution in [0.3, 0.4) is 0 Å². The first-order valence-electron chi connectivity index (χ1n) is 15.5. The molecule has 0 unspecified atom stereocenters. The third kappa shape index (κ3) is 5.46. The fourth-order valence-corrected chi connectivity index (χ4v) is 6.95. The average molecular weight is 591 g/mol. The third-order valence-electron chi connectivity index (χ3n) is 9.49. The van der Waals surface area contributed by atoms with E-state index >= 15 is 0 Å². The summed E-state index contributed by atoms with van der Waals surface area (Å²) in [5, 5.41) is 0. The predicted octanol–water partition coefficient (Wildman–Crippen LogP) is 5.45. The van der Waals surface area contributed by atoms with Crippen LogP contribution >= 0.6 is 0 Å². The summed E-state index contributed by atoms with van der Waals surface area (Å²) in [4.78, 5) is 30.7. The van der Waals surface area contributed by atoms with Gasteiger partial charge in [0.25, 0.3) is 0 Å². The Labute approximate surface area is 258 Å². The van der Waals surface area contributed by atoms with E-state index in [-0.39, 0.29) is 19.0 Å². The van der Waals surface area contributed by atoms with Crippen LogP contribution in [-0.4, -0.2) is 70.5 Å². The molecule has 0 spiro atoms. The van der Waals surface area contributed by atoms with Gasteiger partial charge in [-0.2, -0.15) is 0 Å². The summed E-state index contributed by atoms with van der Waals surface area (Å²) in [5.41, 5.74) is 10.2. The normalized spacial score (nSPS) is 24.1. The first kappa shape index (κ1) is 28.6. The van der Waals surface area contributed by atoms with Gasteiger partial charge in [0.2, 0.25) is 0 Å². The van der Waals surface area contributed by atoms with Gasteiger partial charge in [0.1, 0.15) is 6.10 Å². The number of anilines is 2. The molecule has 4 atom stereocenters. The summed E-state index contributed by atoms with van der Waals surface area (Å²) in [6.07, 6.45) is 6.08. The Morgan fingerprint density at radius 2 is 1.41 bits per heavy atom. The molecule has 7 heteroatoms. The number of ketones is 1. The van der Waals surface area contributed by atoms with Crippen LogP contribution in [0, 0.1) is 5.92 Å². The van der Waals surface area contributed by atoms with Gasteiger partial charge in [0, 0.05) is 50.2 Å². The zero-order chi connectivity index (χ0) is 30.4. The summed E-state index contributed by atoms with van der Waals surface area (Å²) < 4.78 is 17.7. The van der Waals surface area contributed by atoms with Crippen LogP contribution < -0.4 is 9.80 Å². The molecule has 44 heavy (non-hydrogen) atoms. The highest BCUT2D eigenvalue weighted by Gasteiger charge is 2.51. The lowest BCUT2D eigenvalue weighted by molar-refractivity contribution is -0.147. The number of Topliss-reactive ketones (excluding diaryl/α,β-unsaturated/α-hetero) is 1. The van der Waals surface area contributed by atoms with Gasteiger partial charge in [-0.3, -0.25) is 4.79 Å². The summed E-state index contributed by atoms with van der Waals surface area (Å²) in [6, 6.07) is 20.6. The second-order valence-electron chi connectivity index (χ2n) is 12.4. The Balaban J connectivity index is 0.955. The molecule has 0 aromatic heterocycles. The number of nitrogens with zero attached hydrogens (tertiary/aromatic N) is 2. The number of allylic oxidation sites excluding steroid dienone is 1. The molecule has 7 rings (SSSR count). The quantitative estimate of drug-likeness (QED) is 0.157. The van der Waals surface area contributed by atoms with Gasteiger partial charge in [-0.25, -0.2) is 4.79 Å². The number of carbonyl (C=O) groups is 2. The number of fused-ring (bicyclic) bond motifs is 3. The lowest BCUT2D eigenvalue weighted by Gasteiger charge is -2.16. The Morgan fingerprint density at radius 1 is 0.795 bits per heavy atom. The number of ether oxygens (including phenoxy) is 3. The molecule has 7 nitrogen and oxygen atoms in total. The summed E-state index contributed by atoms with van der Waals surface area (Å²) in [6.45, 7) is 4.63. The first-order valence-corrected chi connectivity index (χ1v) is 15.5. The monoisotopic (exact) mass is 590 g/mol. The van der Waals surface area contributed by atoms with Crippen molar-refractivity contribution in [3.05, 3.63) is 100 Å². The SMILES string of the molecule is C/C(=C\c1ccc2c(c1)CCN2C)c1ccc(C(=O)[C@H]2CO[C@H]3[C@@H]2OC[C@H]3OC(=O)/C=C/c2ccc3c(c2)CCN3C)cc1. The Morgan fingerprint density at radius 3 is 2.11 bits per heavy atom. The molecule has 4 aliphatic rings. The Hall–Kier alpha value is -4.20. The molecule has 0 N–H and O–H groups in total. The number of likely N-dealkylation sites (N-methyl/N-ethyl adjacent to an activating group) is 2. The highest BCUT2D eigenvalue weighted by molar-refractivity contribution is 5.99. The molecule has 0 aliphatic carbocycles. The van der Waals surface area contributed by atoms with Gasteiger partial charge in [-0.15, -0.1) is 0 Å². The molecule has 0 saturated carbocycles. The smallest absolute Gasteiger partial charge is 0.331 e. The van der Waals surface area contributed by atoms with Crippen LogP contribution in [0.25, 0.3) is 17.7 Å². The van der Waals surface area contributed by atoms with Gasteiger partial charge in [0.15, 0.2) is 11.9 Å². The summed E-state index contributed by atoms with van der Waals surface area (Å²) in [7, 11) is 4.22. The highest BCUT2D eigenvalue weighted by atomic mass is 16.6. The highest BCUT2D eigenvalue weighted by Crippen LogP contribution is 2.35. The second-order valence-corrected chi connectivity index (χ2v) is 12.4. The maximum Gasteiger partial charge on any atom is 0.331 e. The molecule has 226 valence electrons. The minimum Gasteiger partial charge on any atom is -0.454 e. The van der Waals surface area contributed by atoms with E-state index in [4.69, 9.17) is 14.2 Å².